The van der Waals surface area contributed by atoms with E-state index in [1.807, 2.05) is 0 Å². The van der Waals surface area contributed by atoms with Crippen LogP contribution in [0.5, 0.6) is 0 Å². The van der Waals surface area contributed by atoms with E-state index in [1.165, 1.54) is 0 Å². The fourth-order valence-corrected chi connectivity index (χ4v) is 3.24. The number of hydrogen-bond acceptors (Lipinski definition) is 7. The molecule has 9 heteroatoms. The minimum Gasteiger partial charge on any atom is -0.241 e. The van der Waals surface area contributed by atoms with Crippen molar-refractivity contribution in [2.45, 2.75) is 24.7 Å². The Hall–Kier alpha value is -0.710. The summed E-state index contributed by atoms with van der Waals surface area (Å²) < 4.78 is 21.5. The monoisotopic (exact) mass is 279 g/mol. The van der Waals surface area contributed by atoms with Gasteiger partial charge in [0.25, 0.3) is 5.40 Å². The second-order valence-electron chi connectivity index (χ2n) is 3.44. The molecule has 0 saturated carbocycles. The third-order valence-electron chi connectivity index (χ3n) is 2.13. The fraction of sp³-hybridized carbons (Fsp3) is 0.500. The van der Waals surface area contributed by atoms with E-state index in [2.05, 4.69) is 9.97 Å². The van der Waals surface area contributed by atoms with E-state index < -0.39 is 21.0 Å². The molecule has 0 aliphatic rings. The third-order valence-corrected chi connectivity index (χ3v) is 5.42. The van der Waals surface area contributed by atoms with E-state index in [-0.39, 0.29) is 6.42 Å². The zero-order chi connectivity index (χ0) is 12.9. The number of nitrogens with zero attached hydrogens (tertiary/aromatic N) is 2. The van der Waals surface area contributed by atoms with Gasteiger partial charge in [0, 0.05) is 25.2 Å². The predicted molar refractivity (Wildman–Crippen MR) is 60.6 cm³/mol. The van der Waals surface area contributed by atoms with Gasteiger partial charge in [-0.15, -0.1) is 0 Å². The van der Waals surface area contributed by atoms with Crippen LogP contribution in [-0.4, -0.2) is 30.0 Å². The average Bonchev–Trinajstić information content (AvgIpc) is 2.23. The maximum Gasteiger partial charge on any atom is 0.421 e. The summed E-state index contributed by atoms with van der Waals surface area (Å²) in [6.07, 6.45) is 3.86. The topological polar surface area (TPSA) is 121 Å². The fourth-order valence-electron chi connectivity index (χ4n) is 1.31. The molecule has 0 aliphatic heterocycles. The van der Waals surface area contributed by atoms with Crippen LogP contribution in [0.1, 0.15) is 18.7 Å². The Morgan fingerprint density at radius 3 is 2.29 bits per heavy atom. The van der Waals surface area contributed by atoms with Gasteiger partial charge in [0.05, 0.1) is 0 Å². The molecule has 1 aromatic heterocycles. The minimum atomic E-state index is -4.34. The lowest BCUT2D eigenvalue weighted by atomic mass is 10.2. The van der Waals surface area contributed by atoms with Gasteiger partial charge in [0.1, 0.15) is 5.82 Å². The van der Waals surface area contributed by atoms with Gasteiger partial charge < -0.3 is 0 Å². The number of aromatic nitrogens is 2. The minimum absolute atomic E-state index is 0.0335. The van der Waals surface area contributed by atoms with Crippen molar-refractivity contribution in [1.29, 1.82) is 0 Å². The van der Waals surface area contributed by atoms with Crippen molar-refractivity contribution in [3.05, 3.63) is 24.3 Å². The van der Waals surface area contributed by atoms with Crippen molar-refractivity contribution in [2.24, 2.45) is 0 Å². The van der Waals surface area contributed by atoms with Crippen LogP contribution in [0.15, 0.2) is 18.5 Å². The first kappa shape index (κ1) is 14.4. The maximum atomic E-state index is 10.7. The van der Waals surface area contributed by atoms with Crippen LogP contribution in [0, 0.1) is 0 Å². The molecule has 1 atom stereocenters. The van der Waals surface area contributed by atoms with Gasteiger partial charge in [-0.25, -0.2) is 19.1 Å². The van der Waals surface area contributed by atoms with E-state index in [0.717, 1.165) is 0 Å². The van der Waals surface area contributed by atoms with Gasteiger partial charge in [-0.1, -0.05) is 0 Å². The Labute approximate surface area is 99.0 Å². The molecule has 7 nitrogen and oxygen atoms in total. The van der Waals surface area contributed by atoms with E-state index in [9.17, 15) is 9.13 Å². The highest BCUT2D eigenvalue weighted by Gasteiger charge is 2.46. The van der Waals surface area contributed by atoms with Crippen LogP contribution >= 0.6 is 15.6 Å². The molecule has 17 heavy (non-hydrogen) atoms. The molecule has 0 aliphatic carbocycles. The Kier molecular flexibility index (Phi) is 5.31. The van der Waals surface area contributed by atoms with E-state index in [1.54, 1.807) is 18.5 Å². The molecule has 0 bridgehead atoms. The molecule has 0 amide bonds. The van der Waals surface area contributed by atoms with Crippen molar-refractivity contribution in [3.63, 3.8) is 0 Å². The van der Waals surface area contributed by atoms with Gasteiger partial charge in [-0.2, -0.15) is 14.7 Å². The highest BCUT2D eigenvalue weighted by molar-refractivity contribution is 7.68. The summed E-state index contributed by atoms with van der Waals surface area (Å²) in [6.45, 7) is 0. The molecule has 0 spiro atoms. The second-order valence-corrected chi connectivity index (χ2v) is 6.89. The summed E-state index contributed by atoms with van der Waals surface area (Å²) in [7, 11) is -7.41. The lowest BCUT2D eigenvalue weighted by Gasteiger charge is -2.09. The summed E-state index contributed by atoms with van der Waals surface area (Å²) in [5.74, 6) is 0.546. The van der Waals surface area contributed by atoms with Crippen LogP contribution in [0.4, 0.5) is 0 Å². The van der Waals surface area contributed by atoms with Gasteiger partial charge in [0.15, 0.2) is 0 Å². The quantitative estimate of drug-likeness (QED) is 0.665. The standard InChI is InChI=1S/C8H13N2O5P2/c11-16(12)8(17(13,14)15)4-1-3-7-9-5-2-6-10-7/h2,5-6,8,13-15H,1,3-4H2/q+1. The van der Waals surface area contributed by atoms with Crippen molar-refractivity contribution in [2.75, 3.05) is 0 Å². The van der Waals surface area contributed by atoms with Gasteiger partial charge >= 0.3 is 15.6 Å². The molecule has 1 unspecified atom stereocenters. The molecule has 1 aromatic rings. The molecule has 0 fully saturated rings. The Morgan fingerprint density at radius 1 is 1.24 bits per heavy atom. The van der Waals surface area contributed by atoms with Crippen LogP contribution in [0.3, 0.4) is 0 Å². The zero-order valence-electron chi connectivity index (χ0n) is 8.88. The van der Waals surface area contributed by atoms with Crippen molar-refractivity contribution >= 4 is 15.6 Å². The molecule has 0 saturated heterocycles. The zero-order valence-corrected chi connectivity index (χ0v) is 10.7. The lowest BCUT2D eigenvalue weighted by Crippen LogP contribution is -2.08. The highest BCUT2D eigenvalue weighted by atomic mass is 31.2. The van der Waals surface area contributed by atoms with E-state index in [0.29, 0.717) is 18.7 Å². The number of rotatable bonds is 6. The van der Waals surface area contributed by atoms with Crippen molar-refractivity contribution in [3.8, 4) is 0 Å². The van der Waals surface area contributed by atoms with E-state index >= 15 is 0 Å². The largest absolute Gasteiger partial charge is 0.421 e. The van der Waals surface area contributed by atoms with E-state index in [4.69, 9.17) is 14.7 Å². The Morgan fingerprint density at radius 2 is 1.82 bits per heavy atom. The first-order valence-electron chi connectivity index (χ1n) is 4.87. The second kappa shape index (κ2) is 6.28. The average molecular weight is 279 g/mol. The predicted octanol–water partition coefficient (Wildman–Crippen LogP) is 1.04. The first-order valence-corrected chi connectivity index (χ1v) is 7.84. The SMILES string of the molecule is O=P(=O)C(CCCc1ncccn1)[P+](O)(O)O. The maximum absolute atomic E-state index is 10.7. The molecule has 3 N–H and O–H groups in total. The molecular formula is C8H13N2O5P2+. The van der Waals surface area contributed by atoms with Crippen LogP contribution in [-0.2, 0) is 15.6 Å². The van der Waals surface area contributed by atoms with Gasteiger partial charge in [-0.05, 0) is 12.5 Å². The summed E-state index contributed by atoms with van der Waals surface area (Å²) in [5, 5.41) is -1.50. The third kappa shape index (κ3) is 4.98. The number of hydrogen-bond donors (Lipinski definition) is 3. The summed E-state index contributed by atoms with van der Waals surface area (Å²) in [4.78, 5) is 34.7. The Bertz CT molecular complexity index is 410. The van der Waals surface area contributed by atoms with Crippen molar-refractivity contribution in [1.82, 2.24) is 9.97 Å². The van der Waals surface area contributed by atoms with Crippen molar-refractivity contribution < 1.29 is 23.8 Å². The molecule has 94 valence electrons. The summed E-state index contributed by atoms with van der Waals surface area (Å²) in [6, 6.07) is 1.66. The Balaban J connectivity index is 2.49. The molecule has 0 radical (unpaired) electrons. The first-order chi connectivity index (χ1) is 7.91. The smallest absolute Gasteiger partial charge is 0.241 e. The lowest BCUT2D eigenvalue weighted by molar-refractivity contribution is 0.321. The molecule has 0 aromatic carbocycles. The number of aryl methyl sites for hydroxylation is 1. The normalized spacial score (nSPS) is 13.4. The molecule has 1 rings (SSSR count). The van der Waals surface area contributed by atoms with Crippen LogP contribution < -0.4 is 0 Å². The summed E-state index contributed by atoms with van der Waals surface area (Å²) in [5.41, 5.74) is 0. The van der Waals surface area contributed by atoms with Crippen LogP contribution in [0.2, 0.25) is 0 Å². The van der Waals surface area contributed by atoms with Crippen LogP contribution in [0.25, 0.3) is 0 Å². The molecule has 1 heterocycles. The van der Waals surface area contributed by atoms with Gasteiger partial charge in [-0.3, -0.25) is 0 Å². The van der Waals surface area contributed by atoms with Gasteiger partial charge in [0.2, 0.25) is 0 Å². The summed E-state index contributed by atoms with van der Waals surface area (Å²) >= 11 is 0. The molecular weight excluding hydrogens is 266 g/mol. The highest BCUT2D eigenvalue weighted by Crippen LogP contribution is 2.58.